The second kappa shape index (κ2) is 6.77. The van der Waals surface area contributed by atoms with E-state index in [1.807, 2.05) is 34.6 Å². The summed E-state index contributed by atoms with van der Waals surface area (Å²) in [7, 11) is 0. The summed E-state index contributed by atoms with van der Waals surface area (Å²) in [5.74, 6) is -0.742. The van der Waals surface area contributed by atoms with Gasteiger partial charge in [0.25, 0.3) is 0 Å². The van der Waals surface area contributed by atoms with Gasteiger partial charge in [-0.05, 0) is 36.5 Å². The normalized spacial score (nSPS) is 30.0. The molecule has 3 unspecified atom stereocenters. The summed E-state index contributed by atoms with van der Waals surface area (Å²) in [6.45, 7) is 10.0. The van der Waals surface area contributed by atoms with Gasteiger partial charge < -0.3 is 16.2 Å². The Morgan fingerprint density at radius 2 is 1.90 bits per heavy atom. The summed E-state index contributed by atoms with van der Waals surface area (Å²) in [6.07, 6.45) is 1.95. The second-order valence-corrected chi connectivity index (χ2v) is 7.43. The first-order chi connectivity index (χ1) is 9.57. The highest BCUT2D eigenvalue weighted by molar-refractivity contribution is 5.81. The Kier molecular flexibility index (Phi) is 5.79. The van der Waals surface area contributed by atoms with Gasteiger partial charge in [0.2, 0.25) is 5.91 Å². The van der Waals surface area contributed by atoms with Gasteiger partial charge in [-0.3, -0.25) is 9.59 Å². The number of carboxylic acids is 1. The van der Waals surface area contributed by atoms with Crippen molar-refractivity contribution >= 4 is 11.9 Å². The van der Waals surface area contributed by atoms with Crippen LogP contribution < -0.4 is 11.1 Å². The van der Waals surface area contributed by atoms with Gasteiger partial charge in [-0.2, -0.15) is 0 Å². The van der Waals surface area contributed by atoms with Crippen LogP contribution in [-0.2, 0) is 9.59 Å². The Bertz CT molecular complexity index is 393. The highest BCUT2D eigenvalue weighted by Gasteiger charge is 2.46. The highest BCUT2D eigenvalue weighted by Crippen LogP contribution is 2.45. The van der Waals surface area contributed by atoms with Crippen LogP contribution in [0.1, 0.15) is 53.9 Å². The molecular formula is C16H30N2O3. The lowest BCUT2D eigenvalue weighted by Gasteiger charge is -2.46. The molecule has 1 aliphatic carbocycles. The third kappa shape index (κ3) is 4.19. The minimum absolute atomic E-state index is 0.00122. The summed E-state index contributed by atoms with van der Waals surface area (Å²) in [4.78, 5) is 23.5. The summed E-state index contributed by atoms with van der Waals surface area (Å²) in [6, 6.07) is -0.487. The fourth-order valence-electron chi connectivity index (χ4n) is 3.35. The number of hydrogen-bond donors (Lipinski definition) is 3. The fraction of sp³-hybridized carbons (Fsp3) is 0.875. The predicted octanol–water partition coefficient (Wildman–Crippen LogP) is 2.00. The molecule has 0 saturated heterocycles. The molecule has 5 nitrogen and oxygen atoms in total. The van der Waals surface area contributed by atoms with Crippen LogP contribution in [0.2, 0.25) is 0 Å². The lowest BCUT2D eigenvalue weighted by molar-refractivity contribution is -0.150. The van der Waals surface area contributed by atoms with Crippen molar-refractivity contribution in [2.45, 2.75) is 66.0 Å². The molecule has 1 amide bonds. The van der Waals surface area contributed by atoms with Crippen LogP contribution in [0, 0.1) is 23.2 Å². The van der Waals surface area contributed by atoms with E-state index in [0.29, 0.717) is 25.2 Å². The molecule has 1 rings (SSSR count). The molecule has 0 aromatic rings. The monoisotopic (exact) mass is 298 g/mol. The van der Waals surface area contributed by atoms with E-state index in [2.05, 4.69) is 5.32 Å². The molecule has 1 aliphatic rings. The van der Waals surface area contributed by atoms with E-state index in [9.17, 15) is 14.7 Å². The molecule has 0 aromatic heterocycles. The van der Waals surface area contributed by atoms with E-state index in [1.165, 1.54) is 0 Å². The van der Waals surface area contributed by atoms with Gasteiger partial charge in [0.1, 0.15) is 0 Å². The van der Waals surface area contributed by atoms with Crippen LogP contribution in [0.15, 0.2) is 0 Å². The number of nitrogens with one attached hydrogen (secondary N) is 1. The van der Waals surface area contributed by atoms with Crippen molar-refractivity contribution in [1.29, 1.82) is 0 Å². The quantitative estimate of drug-likeness (QED) is 0.724. The molecule has 0 aliphatic heterocycles. The first-order valence-electron chi connectivity index (χ1n) is 7.86. The number of aliphatic carboxylic acids is 1. The SMILES string of the molecule is CC(C)C[C@@H](N)C(=O)NC1CCC(C(=O)O)C(C)(C)C1C. The number of hydrogen-bond acceptors (Lipinski definition) is 3. The molecule has 4 N–H and O–H groups in total. The lowest BCUT2D eigenvalue weighted by Crippen LogP contribution is -2.55. The van der Waals surface area contributed by atoms with Crippen molar-refractivity contribution in [2.75, 3.05) is 0 Å². The van der Waals surface area contributed by atoms with E-state index in [1.54, 1.807) is 0 Å². The topological polar surface area (TPSA) is 92.4 Å². The number of carboxylic acid groups (broad SMARTS) is 1. The van der Waals surface area contributed by atoms with Crippen molar-refractivity contribution in [3.63, 3.8) is 0 Å². The molecule has 0 spiro atoms. The zero-order valence-electron chi connectivity index (χ0n) is 13.8. The molecule has 4 atom stereocenters. The predicted molar refractivity (Wildman–Crippen MR) is 82.7 cm³/mol. The van der Waals surface area contributed by atoms with E-state index < -0.39 is 12.0 Å². The summed E-state index contributed by atoms with van der Waals surface area (Å²) >= 11 is 0. The van der Waals surface area contributed by atoms with Crippen molar-refractivity contribution in [2.24, 2.45) is 28.9 Å². The largest absolute Gasteiger partial charge is 0.481 e. The molecule has 1 fully saturated rings. The van der Waals surface area contributed by atoms with Crippen LogP contribution in [0.25, 0.3) is 0 Å². The van der Waals surface area contributed by atoms with Gasteiger partial charge in [-0.25, -0.2) is 0 Å². The van der Waals surface area contributed by atoms with Gasteiger partial charge in [0.05, 0.1) is 12.0 Å². The Balaban J connectivity index is 2.70. The lowest BCUT2D eigenvalue weighted by atomic mass is 9.61. The Morgan fingerprint density at radius 1 is 1.33 bits per heavy atom. The summed E-state index contributed by atoms with van der Waals surface area (Å²) in [5, 5.41) is 12.4. The van der Waals surface area contributed by atoms with E-state index >= 15 is 0 Å². The Morgan fingerprint density at radius 3 is 2.38 bits per heavy atom. The maximum Gasteiger partial charge on any atom is 0.307 e. The number of carbonyl (C=O) groups excluding carboxylic acids is 1. The van der Waals surface area contributed by atoms with Crippen LogP contribution in [0.5, 0.6) is 0 Å². The van der Waals surface area contributed by atoms with E-state index in [-0.39, 0.29) is 29.2 Å². The van der Waals surface area contributed by atoms with Gasteiger partial charge in [0, 0.05) is 6.04 Å². The zero-order valence-corrected chi connectivity index (χ0v) is 13.8. The maximum absolute atomic E-state index is 12.2. The Labute approximate surface area is 127 Å². The molecule has 0 aromatic carbocycles. The minimum atomic E-state index is -0.742. The van der Waals surface area contributed by atoms with E-state index in [0.717, 1.165) is 0 Å². The Hall–Kier alpha value is -1.10. The second-order valence-electron chi connectivity index (χ2n) is 7.43. The molecule has 21 heavy (non-hydrogen) atoms. The van der Waals surface area contributed by atoms with Crippen molar-refractivity contribution in [1.82, 2.24) is 5.32 Å². The zero-order chi connectivity index (χ0) is 16.4. The van der Waals surface area contributed by atoms with Gasteiger partial charge in [-0.1, -0.05) is 34.6 Å². The maximum atomic E-state index is 12.2. The van der Waals surface area contributed by atoms with Crippen LogP contribution in [-0.4, -0.2) is 29.1 Å². The average molecular weight is 298 g/mol. The van der Waals surface area contributed by atoms with Crippen LogP contribution in [0.4, 0.5) is 0 Å². The van der Waals surface area contributed by atoms with Gasteiger partial charge in [0.15, 0.2) is 0 Å². The third-order valence-corrected chi connectivity index (χ3v) is 5.13. The fourth-order valence-corrected chi connectivity index (χ4v) is 3.35. The van der Waals surface area contributed by atoms with Crippen LogP contribution >= 0.6 is 0 Å². The standard InChI is InChI=1S/C16H30N2O3/c1-9(2)8-12(17)14(19)18-13-7-6-11(15(20)21)16(4,5)10(13)3/h9-13H,6-8,17H2,1-5H3,(H,18,19)(H,20,21)/t10?,11?,12-,13?/m1/s1. The van der Waals surface area contributed by atoms with Gasteiger partial charge in [-0.15, -0.1) is 0 Å². The first kappa shape index (κ1) is 18.0. The van der Waals surface area contributed by atoms with Crippen LogP contribution in [0.3, 0.4) is 0 Å². The number of rotatable bonds is 5. The number of carbonyl (C=O) groups is 2. The first-order valence-corrected chi connectivity index (χ1v) is 7.86. The molecule has 0 bridgehead atoms. The molecule has 0 heterocycles. The van der Waals surface area contributed by atoms with E-state index in [4.69, 9.17) is 5.73 Å². The molecule has 5 heteroatoms. The molecular weight excluding hydrogens is 268 g/mol. The molecule has 1 saturated carbocycles. The van der Waals surface area contributed by atoms with Gasteiger partial charge >= 0.3 is 5.97 Å². The number of amides is 1. The minimum Gasteiger partial charge on any atom is -0.481 e. The molecule has 122 valence electrons. The summed E-state index contributed by atoms with van der Waals surface area (Å²) < 4.78 is 0. The number of nitrogens with two attached hydrogens (primary N) is 1. The van der Waals surface area contributed by atoms with Crippen molar-refractivity contribution in [3.8, 4) is 0 Å². The molecule has 0 radical (unpaired) electrons. The average Bonchev–Trinajstić information content (AvgIpc) is 2.33. The smallest absolute Gasteiger partial charge is 0.307 e. The van der Waals surface area contributed by atoms with Crippen molar-refractivity contribution < 1.29 is 14.7 Å². The third-order valence-electron chi connectivity index (χ3n) is 5.13. The summed E-state index contributed by atoms with van der Waals surface area (Å²) in [5.41, 5.74) is 5.57. The van der Waals surface area contributed by atoms with Crippen molar-refractivity contribution in [3.05, 3.63) is 0 Å². The highest BCUT2D eigenvalue weighted by atomic mass is 16.4.